The van der Waals surface area contributed by atoms with E-state index in [1.807, 2.05) is 4.68 Å². The van der Waals surface area contributed by atoms with E-state index in [1.54, 1.807) is 6.33 Å². The summed E-state index contributed by atoms with van der Waals surface area (Å²) in [6.45, 7) is 5.64. The summed E-state index contributed by atoms with van der Waals surface area (Å²) in [5, 5.41) is 7.69. The van der Waals surface area contributed by atoms with Gasteiger partial charge in [-0.25, -0.2) is 9.67 Å². The summed E-state index contributed by atoms with van der Waals surface area (Å²) in [7, 11) is 0. The van der Waals surface area contributed by atoms with Crippen LogP contribution >= 0.6 is 0 Å². The SMILES string of the molecule is CCCNCc1ncnn1CCc1ccc2c(c1)CCO2. The van der Waals surface area contributed by atoms with Crippen LogP contribution in [0.5, 0.6) is 5.75 Å². The van der Waals surface area contributed by atoms with Crippen molar-refractivity contribution in [1.82, 2.24) is 20.1 Å². The molecule has 0 fully saturated rings. The summed E-state index contributed by atoms with van der Waals surface area (Å²) in [6.07, 6.45) is 4.76. The number of aromatic nitrogens is 3. The highest BCUT2D eigenvalue weighted by Gasteiger charge is 2.12. The Morgan fingerprint density at radius 2 is 2.33 bits per heavy atom. The molecule has 3 rings (SSSR count). The van der Waals surface area contributed by atoms with E-state index in [0.717, 1.165) is 57.1 Å². The van der Waals surface area contributed by atoms with Gasteiger partial charge in [-0.15, -0.1) is 0 Å². The Balaban J connectivity index is 1.59. The molecule has 1 aromatic heterocycles. The van der Waals surface area contributed by atoms with Crippen LogP contribution in [0.3, 0.4) is 0 Å². The molecular formula is C16H22N4O. The van der Waals surface area contributed by atoms with Crippen molar-refractivity contribution in [2.24, 2.45) is 0 Å². The Morgan fingerprint density at radius 1 is 1.38 bits per heavy atom. The number of nitrogens with one attached hydrogen (secondary N) is 1. The summed E-state index contributed by atoms with van der Waals surface area (Å²) in [6, 6.07) is 6.49. The number of ether oxygens (including phenoxy) is 1. The third kappa shape index (κ3) is 3.42. The van der Waals surface area contributed by atoms with Gasteiger partial charge in [-0.05, 0) is 36.6 Å². The zero-order valence-corrected chi connectivity index (χ0v) is 12.5. The number of aryl methyl sites for hydroxylation is 2. The molecular weight excluding hydrogens is 264 g/mol. The first-order valence-electron chi connectivity index (χ1n) is 7.69. The minimum Gasteiger partial charge on any atom is -0.493 e. The maximum Gasteiger partial charge on any atom is 0.140 e. The smallest absolute Gasteiger partial charge is 0.140 e. The van der Waals surface area contributed by atoms with Crippen LogP contribution in [0.2, 0.25) is 0 Å². The van der Waals surface area contributed by atoms with Gasteiger partial charge in [-0.1, -0.05) is 19.1 Å². The molecule has 0 atom stereocenters. The second-order valence-electron chi connectivity index (χ2n) is 5.37. The number of rotatable bonds is 7. The molecule has 2 aromatic rings. The number of fused-ring (bicyclic) bond motifs is 1. The highest BCUT2D eigenvalue weighted by atomic mass is 16.5. The molecule has 0 amide bonds. The fourth-order valence-corrected chi connectivity index (χ4v) is 2.62. The van der Waals surface area contributed by atoms with E-state index in [9.17, 15) is 0 Å². The van der Waals surface area contributed by atoms with E-state index in [4.69, 9.17) is 4.74 Å². The van der Waals surface area contributed by atoms with Crippen LogP contribution in [0.25, 0.3) is 0 Å². The average molecular weight is 286 g/mol. The molecule has 1 aliphatic rings. The maximum atomic E-state index is 5.54. The zero-order valence-electron chi connectivity index (χ0n) is 12.5. The number of benzene rings is 1. The first-order chi connectivity index (χ1) is 10.4. The highest BCUT2D eigenvalue weighted by Crippen LogP contribution is 2.26. The van der Waals surface area contributed by atoms with Crippen LogP contribution in [0.4, 0.5) is 0 Å². The number of nitrogens with zero attached hydrogens (tertiary/aromatic N) is 3. The number of hydrogen-bond donors (Lipinski definition) is 1. The van der Waals surface area contributed by atoms with Crippen LogP contribution in [-0.2, 0) is 25.9 Å². The normalized spacial score (nSPS) is 13.2. The molecule has 0 unspecified atom stereocenters. The third-order valence-corrected chi connectivity index (χ3v) is 3.77. The summed E-state index contributed by atoms with van der Waals surface area (Å²) in [4.78, 5) is 4.33. The van der Waals surface area contributed by atoms with E-state index >= 15 is 0 Å². The standard InChI is InChI=1S/C16H22N4O/c1-2-7-17-11-16-18-12-19-20(16)8-5-13-3-4-15-14(10-13)6-9-21-15/h3-4,10,12,17H,2,5-9,11H2,1H3. The van der Waals surface area contributed by atoms with Crippen molar-refractivity contribution < 1.29 is 4.74 Å². The van der Waals surface area contributed by atoms with Crippen molar-refractivity contribution in [3.05, 3.63) is 41.5 Å². The number of hydrogen-bond acceptors (Lipinski definition) is 4. The predicted molar refractivity (Wildman–Crippen MR) is 81.4 cm³/mol. The van der Waals surface area contributed by atoms with E-state index in [2.05, 4.69) is 40.5 Å². The Morgan fingerprint density at radius 3 is 3.24 bits per heavy atom. The van der Waals surface area contributed by atoms with Gasteiger partial charge in [0.2, 0.25) is 0 Å². The first kappa shape index (κ1) is 14.1. The van der Waals surface area contributed by atoms with Crippen molar-refractivity contribution in [2.75, 3.05) is 13.2 Å². The second-order valence-corrected chi connectivity index (χ2v) is 5.37. The van der Waals surface area contributed by atoms with Crippen molar-refractivity contribution in [1.29, 1.82) is 0 Å². The minimum atomic E-state index is 0.784. The molecule has 5 nitrogen and oxygen atoms in total. The van der Waals surface area contributed by atoms with E-state index in [-0.39, 0.29) is 0 Å². The molecule has 0 saturated carbocycles. The molecule has 0 spiro atoms. The zero-order chi connectivity index (χ0) is 14.5. The lowest BCUT2D eigenvalue weighted by Crippen LogP contribution is -2.18. The molecule has 0 saturated heterocycles. The average Bonchev–Trinajstić information content (AvgIpc) is 3.13. The molecule has 0 bridgehead atoms. The Labute approximate surface area is 125 Å². The Bertz CT molecular complexity index is 594. The molecule has 5 heteroatoms. The van der Waals surface area contributed by atoms with Gasteiger partial charge in [0, 0.05) is 13.0 Å². The predicted octanol–water partition coefficient (Wildman–Crippen LogP) is 1.96. The summed E-state index contributed by atoms with van der Waals surface area (Å²) in [5.74, 6) is 2.05. The third-order valence-electron chi connectivity index (χ3n) is 3.77. The molecule has 0 aliphatic carbocycles. The molecule has 1 N–H and O–H groups in total. The van der Waals surface area contributed by atoms with Gasteiger partial charge in [0.15, 0.2) is 0 Å². The molecule has 1 aromatic carbocycles. The lowest BCUT2D eigenvalue weighted by molar-refractivity contribution is 0.357. The van der Waals surface area contributed by atoms with Crippen molar-refractivity contribution >= 4 is 0 Å². The van der Waals surface area contributed by atoms with Crippen LogP contribution < -0.4 is 10.1 Å². The Kier molecular flexibility index (Phi) is 4.50. The fourth-order valence-electron chi connectivity index (χ4n) is 2.62. The van der Waals surface area contributed by atoms with Crippen molar-refractivity contribution in [2.45, 2.75) is 39.3 Å². The van der Waals surface area contributed by atoms with Gasteiger partial charge < -0.3 is 10.1 Å². The molecule has 21 heavy (non-hydrogen) atoms. The maximum absolute atomic E-state index is 5.54. The first-order valence-corrected chi connectivity index (χ1v) is 7.69. The van der Waals surface area contributed by atoms with Crippen molar-refractivity contribution in [3.8, 4) is 5.75 Å². The molecule has 0 radical (unpaired) electrons. The van der Waals surface area contributed by atoms with Crippen LogP contribution in [0.15, 0.2) is 24.5 Å². The fraction of sp³-hybridized carbons (Fsp3) is 0.500. The monoisotopic (exact) mass is 286 g/mol. The van der Waals surface area contributed by atoms with Crippen molar-refractivity contribution in [3.63, 3.8) is 0 Å². The van der Waals surface area contributed by atoms with Gasteiger partial charge in [-0.2, -0.15) is 5.10 Å². The lowest BCUT2D eigenvalue weighted by atomic mass is 10.1. The topological polar surface area (TPSA) is 52.0 Å². The summed E-state index contributed by atoms with van der Waals surface area (Å²) in [5.41, 5.74) is 2.66. The highest BCUT2D eigenvalue weighted by molar-refractivity contribution is 5.39. The molecule has 1 aliphatic heterocycles. The quantitative estimate of drug-likeness (QED) is 0.791. The van der Waals surface area contributed by atoms with Gasteiger partial charge >= 0.3 is 0 Å². The Hall–Kier alpha value is -1.88. The van der Waals surface area contributed by atoms with Crippen LogP contribution in [-0.4, -0.2) is 27.9 Å². The largest absolute Gasteiger partial charge is 0.493 e. The molecule has 112 valence electrons. The van der Waals surface area contributed by atoms with E-state index < -0.39 is 0 Å². The summed E-state index contributed by atoms with van der Waals surface area (Å²) >= 11 is 0. The van der Waals surface area contributed by atoms with Crippen LogP contribution in [0, 0.1) is 0 Å². The van der Waals surface area contributed by atoms with Gasteiger partial charge in [0.25, 0.3) is 0 Å². The van der Waals surface area contributed by atoms with E-state index in [1.165, 1.54) is 11.1 Å². The lowest BCUT2D eigenvalue weighted by Gasteiger charge is -2.08. The van der Waals surface area contributed by atoms with E-state index in [0.29, 0.717) is 0 Å². The van der Waals surface area contributed by atoms with Crippen LogP contribution in [0.1, 0.15) is 30.3 Å². The van der Waals surface area contributed by atoms with Gasteiger partial charge in [-0.3, -0.25) is 0 Å². The second kappa shape index (κ2) is 6.72. The van der Waals surface area contributed by atoms with Gasteiger partial charge in [0.05, 0.1) is 13.2 Å². The molecule has 2 heterocycles. The summed E-state index contributed by atoms with van der Waals surface area (Å²) < 4.78 is 7.53. The van der Waals surface area contributed by atoms with Gasteiger partial charge in [0.1, 0.15) is 17.9 Å². The minimum absolute atomic E-state index is 0.784.